The first-order valence-electron chi connectivity index (χ1n) is 6.20. The van der Waals surface area contributed by atoms with Crippen LogP contribution in [-0.2, 0) is 12.8 Å². The number of pyridine rings is 1. The van der Waals surface area contributed by atoms with E-state index in [0.717, 1.165) is 24.1 Å². The molecular weight excluding hydrogens is 224 g/mol. The Morgan fingerprint density at radius 1 is 1.17 bits per heavy atom. The van der Waals surface area contributed by atoms with E-state index < -0.39 is 0 Å². The van der Waals surface area contributed by atoms with Crippen molar-refractivity contribution in [1.29, 1.82) is 0 Å². The second-order valence-electron chi connectivity index (χ2n) is 4.60. The average Bonchev–Trinajstić information content (AvgIpc) is 2.89. The summed E-state index contributed by atoms with van der Waals surface area (Å²) in [6.07, 6.45) is 5.18. The molecule has 18 heavy (non-hydrogen) atoms. The Hall–Kier alpha value is -2.03. The number of hydrogen-bond acceptors (Lipinski definition) is 3. The lowest BCUT2D eigenvalue weighted by molar-refractivity contribution is 0.398. The Labute approximate surface area is 107 Å². The van der Waals surface area contributed by atoms with Crippen LogP contribution in [0.25, 0.3) is 11.1 Å². The summed E-state index contributed by atoms with van der Waals surface area (Å²) in [4.78, 5) is 4.15. The lowest BCUT2D eigenvalue weighted by atomic mass is 9.96. The molecule has 0 spiro atoms. The van der Waals surface area contributed by atoms with E-state index in [-0.39, 0.29) is 0 Å². The molecule has 3 heteroatoms. The minimum atomic E-state index is 0.649. The van der Waals surface area contributed by atoms with Crippen molar-refractivity contribution in [3.8, 4) is 17.0 Å². The SMILES string of the molecule is COc1cc(-c2ccc(N)c3c2CCC3)ccn1. The van der Waals surface area contributed by atoms with Gasteiger partial charge in [-0.25, -0.2) is 4.98 Å². The van der Waals surface area contributed by atoms with Crippen molar-refractivity contribution in [2.75, 3.05) is 12.8 Å². The second kappa shape index (κ2) is 4.33. The van der Waals surface area contributed by atoms with Gasteiger partial charge < -0.3 is 10.5 Å². The summed E-state index contributed by atoms with van der Waals surface area (Å²) < 4.78 is 5.18. The Morgan fingerprint density at radius 2 is 2.00 bits per heavy atom. The lowest BCUT2D eigenvalue weighted by Crippen LogP contribution is -1.96. The summed E-state index contributed by atoms with van der Waals surface area (Å²) in [5.41, 5.74) is 12.1. The molecule has 1 aliphatic rings. The van der Waals surface area contributed by atoms with Gasteiger partial charge in [0.15, 0.2) is 0 Å². The molecule has 0 saturated carbocycles. The Kier molecular flexibility index (Phi) is 2.67. The average molecular weight is 240 g/mol. The molecule has 92 valence electrons. The van der Waals surface area contributed by atoms with Gasteiger partial charge in [0.05, 0.1) is 7.11 Å². The monoisotopic (exact) mass is 240 g/mol. The van der Waals surface area contributed by atoms with Crippen molar-refractivity contribution >= 4 is 5.69 Å². The van der Waals surface area contributed by atoms with E-state index in [9.17, 15) is 0 Å². The predicted octanol–water partition coefficient (Wildman–Crippen LogP) is 2.83. The van der Waals surface area contributed by atoms with Gasteiger partial charge in [-0.15, -0.1) is 0 Å². The predicted molar refractivity (Wildman–Crippen MR) is 72.7 cm³/mol. The molecule has 3 nitrogen and oxygen atoms in total. The van der Waals surface area contributed by atoms with E-state index in [1.807, 2.05) is 18.2 Å². The van der Waals surface area contributed by atoms with E-state index in [2.05, 4.69) is 11.1 Å². The van der Waals surface area contributed by atoms with Crippen LogP contribution in [0.5, 0.6) is 5.88 Å². The van der Waals surface area contributed by atoms with Crippen LogP contribution >= 0.6 is 0 Å². The van der Waals surface area contributed by atoms with E-state index in [0.29, 0.717) is 5.88 Å². The highest BCUT2D eigenvalue weighted by Crippen LogP contribution is 2.36. The van der Waals surface area contributed by atoms with Gasteiger partial charge in [-0.1, -0.05) is 6.07 Å². The third kappa shape index (κ3) is 1.72. The maximum Gasteiger partial charge on any atom is 0.213 e. The van der Waals surface area contributed by atoms with Crippen LogP contribution in [0.1, 0.15) is 17.5 Å². The van der Waals surface area contributed by atoms with E-state index in [4.69, 9.17) is 10.5 Å². The molecule has 1 aliphatic carbocycles. The molecule has 2 N–H and O–H groups in total. The molecule has 0 amide bonds. The number of methoxy groups -OCH3 is 1. The summed E-state index contributed by atoms with van der Waals surface area (Å²) in [5, 5.41) is 0. The molecule has 1 aromatic carbocycles. The van der Waals surface area contributed by atoms with Crippen LogP contribution < -0.4 is 10.5 Å². The van der Waals surface area contributed by atoms with Crippen LogP contribution in [0.4, 0.5) is 5.69 Å². The highest BCUT2D eigenvalue weighted by atomic mass is 16.5. The molecule has 0 saturated heterocycles. The Bertz CT molecular complexity index is 593. The van der Waals surface area contributed by atoms with Crippen LogP contribution in [0.15, 0.2) is 30.5 Å². The van der Waals surface area contributed by atoms with Crippen LogP contribution in [0.2, 0.25) is 0 Å². The molecule has 3 rings (SSSR count). The van der Waals surface area contributed by atoms with Gasteiger partial charge in [0.25, 0.3) is 0 Å². The molecule has 0 radical (unpaired) electrons. The maximum atomic E-state index is 6.04. The van der Waals surface area contributed by atoms with Gasteiger partial charge in [-0.05, 0) is 53.6 Å². The highest BCUT2D eigenvalue weighted by molar-refractivity contribution is 5.74. The summed E-state index contributed by atoms with van der Waals surface area (Å²) in [6, 6.07) is 8.11. The molecule has 1 aromatic heterocycles. The fraction of sp³-hybridized carbons (Fsp3) is 0.267. The largest absolute Gasteiger partial charge is 0.481 e. The number of aromatic nitrogens is 1. The molecular formula is C15H16N2O. The zero-order valence-electron chi connectivity index (χ0n) is 10.4. The van der Waals surface area contributed by atoms with Gasteiger partial charge in [0.1, 0.15) is 0 Å². The Morgan fingerprint density at radius 3 is 2.83 bits per heavy atom. The van der Waals surface area contributed by atoms with Crippen molar-refractivity contribution in [1.82, 2.24) is 4.98 Å². The zero-order valence-corrected chi connectivity index (χ0v) is 10.4. The van der Waals surface area contributed by atoms with Gasteiger partial charge in [0, 0.05) is 18.0 Å². The fourth-order valence-corrected chi connectivity index (χ4v) is 2.69. The lowest BCUT2D eigenvalue weighted by Gasteiger charge is -2.11. The van der Waals surface area contributed by atoms with Gasteiger partial charge >= 0.3 is 0 Å². The maximum absolute atomic E-state index is 6.04. The molecule has 2 aromatic rings. The van der Waals surface area contributed by atoms with Gasteiger partial charge in [-0.3, -0.25) is 0 Å². The molecule has 0 fully saturated rings. The van der Waals surface area contributed by atoms with Crippen LogP contribution in [0, 0.1) is 0 Å². The van der Waals surface area contributed by atoms with E-state index in [1.165, 1.54) is 23.1 Å². The summed E-state index contributed by atoms with van der Waals surface area (Å²) in [5.74, 6) is 0.649. The number of nitrogens with two attached hydrogens (primary N) is 1. The second-order valence-corrected chi connectivity index (χ2v) is 4.60. The van der Waals surface area contributed by atoms with Crippen molar-refractivity contribution in [3.63, 3.8) is 0 Å². The molecule has 0 unspecified atom stereocenters. The summed E-state index contributed by atoms with van der Waals surface area (Å²) in [7, 11) is 1.64. The number of fused-ring (bicyclic) bond motifs is 1. The van der Waals surface area contributed by atoms with Crippen molar-refractivity contribution in [3.05, 3.63) is 41.6 Å². The number of nitrogens with zero attached hydrogens (tertiary/aromatic N) is 1. The topological polar surface area (TPSA) is 48.1 Å². The quantitative estimate of drug-likeness (QED) is 0.821. The molecule has 0 atom stereocenters. The number of nitrogen functional groups attached to an aromatic ring is 1. The van der Waals surface area contributed by atoms with E-state index in [1.54, 1.807) is 13.3 Å². The first kappa shape index (κ1) is 11.1. The van der Waals surface area contributed by atoms with Crippen LogP contribution in [-0.4, -0.2) is 12.1 Å². The van der Waals surface area contributed by atoms with Crippen LogP contribution in [0.3, 0.4) is 0 Å². The van der Waals surface area contributed by atoms with Crippen molar-refractivity contribution in [2.45, 2.75) is 19.3 Å². The smallest absolute Gasteiger partial charge is 0.213 e. The summed E-state index contributed by atoms with van der Waals surface area (Å²) >= 11 is 0. The normalized spacial score (nSPS) is 13.4. The number of benzene rings is 1. The zero-order chi connectivity index (χ0) is 12.5. The fourth-order valence-electron chi connectivity index (χ4n) is 2.69. The Balaban J connectivity index is 2.15. The highest BCUT2D eigenvalue weighted by Gasteiger charge is 2.18. The van der Waals surface area contributed by atoms with Gasteiger partial charge in [-0.2, -0.15) is 0 Å². The van der Waals surface area contributed by atoms with Crippen molar-refractivity contribution < 1.29 is 4.74 Å². The van der Waals surface area contributed by atoms with Gasteiger partial charge in [0.2, 0.25) is 5.88 Å². The number of ether oxygens (including phenoxy) is 1. The number of anilines is 1. The minimum absolute atomic E-state index is 0.649. The van der Waals surface area contributed by atoms with Crippen molar-refractivity contribution in [2.24, 2.45) is 0 Å². The third-order valence-corrected chi connectivity index (χ3v) is 3.58. The van der Waals surface area contributed by atoms with E-state index >= 15 is 0 Å². The molecule has 0 aliphatic heterocycles. The first-order valence-corrected chi connectivity index (χ1v) is 6.20. The first-order chi connectivity index (χ1) is 8.79. The standard InChI is InChI=1S/C15H16N2O/c1-18-15-9-10(7-8-17-15)11-5-6-14(16)13-4-2-3-12(11)13/h5-9H,2-4,16H2,1H3. The summed E-state index contributed by atoms with van der Waals surface area (Å²) in [6.45, 7) is 0. The minimum Gasteiger partial charge on any atom is -0.481 e. The molecule has 0 bridgehead atoms. The number of hydrogen-bond donors (Lipinski definition) is 1. The number of rotatable bonds is 2. The molecule has 1 heterocycles. The third-order valence-electron chi connectivity index (χ3n) is 3.58.